The van der Waals surface area contributed by atoms with Crippen molar-refractivity contribution in [1.29, 1.82) is 0 Å². The first-order valence-corrected chi connectivity index (χ1v) is 7.50. The van der Waals surface area contributed by atoms with Crippen molar-refractivity contribution in [1.82, 2.24) is 5.32 Å². The predicted molar refractivity (Wildman–Crippen MR) is 82.3 cm³/mol. The zero-order chi connectivity index (χ0) is 14.0. The molecule has 2 rings (SSSR count). The largest absolute Gasteiger partial charge is 0.325 e. The van der Waals surface area contributed by atoms with Gasteiger partial charge in [-0.2, -0.15) is 0 Å². The molecule has 0 spiro atoms. The molecule has 1 aliphatic rings. The average Bonchev–Trinajstić information content (AvgIpc) is 2.33. The maximum atomic E-state index is 12.4. The smallest absolute Gasteiger partial charge is 0.242 e. The molecule has 1 fully saturated rings. The molecular weight excluding hydrogens is 304 g/mol. The van der Waals surface area contributed by atoms with E-state index in [1.165, 1.54) is 0 Å². The monoisotopic (exact) mass is 324 g/mol. The van der Waals surface area contributed by atoms with Gasteiger partial charge in [0.1, 0.15) is 0 Å². The highest BCUT2D eigenvalue weighted by Crippen LogP contribution is 2.31. The van der Waals surface area contributed by atoms with Crippen LogP contribution in [-0.4, -0.2) is 18.5 Å². The van der Waals surface area contributed by atoms with Gasteiger partial charge in [0.05, 0.1) is 6.04 Å². The Labute approximate surface area is 123 Å². The molecule has 0 radical (unpaired) electrons. The van der Waals surface area contributed by atoms with Gasteiger partial charge < -0.3 is 10.6 Å². The second kappa shape index (κ2) is 5.63. The minimum atomic E-state index is -0.120. The van der Waals surface area contributed by atoms with Gasteiger partial charge in [-0.25, -0.2) is 0 Å². The SMILES string of the molecule is Cc1cc(NC(=O)C2NCCCC2(C)C)ccc1Br. The molecule has 0 bridgehead atoms. The van der Waals surface area contributed by atoms with Crippen molar-refractivity contribution in [3.63, 3.8) is 0 Å². The van der Waals surface area contributed by atoms with Gasteiger partial charge >= 0.3 is 0 Å². The van der Waals surface area contributed by atoms with Gasteiger partial charge in [0.15, 0.2) is 0 Å². The summed E-state index contributed by atoms with van der Waals surface area (Å²) >= 11 is 3.47. The molecule has 2 N–H and O–H groups in total. The van der Waals surface area contributed by atoms with E-state index < -0.39 is 0 Å². The summed E-state index contributed by atoms with van der Waals surface area (Å²) in [5.74, 6) is 0.0615. The molecule has 0 aliphatic carbocycles. The standard InChI is InChI=1S/C15H21BrN2O/c1-10-9-11(5-6-12(10)16)18-14(19)13-15(2,3)7-4-8-17-13/h5-6,9,13,17H,4,7-8H2,1-3H3,(H,18,19). The number of amides is 1. The molecule has 104 valence electrons. The third-order valence-corrected chi connectivity index (χ3v) is 4.71. The molecule has 1 unspecified atom stereocenters. The molecule has 3 nitrogen and oxygen atoms in total. The Balaban J connectivity index is 2.09. The number of carbonyl (C=O) groups excluding carboxylic acids is 1. The van der Waals surface area contributed by atoms with Crippen molar-refractivity contribution in [3.05, 3.63) is 28.2 Å². The summed E-state index contributed by atoms with van der Waals surface area (Å²) in [6.45, 7) is 7.23. The van der Waals surface area contributed by atoms with Crippen LogP contribution in [-0.2, 0) is 4.79 Å². The molecule has 1 aromatic carbocycles. The molecule has 19 heavy (non-hydrogen) atoms. The average molecular weight is 325 g/mol. The Kier molecular flexibility index (Phi) is 4.31. The van der Waals surface area contributed by atoms with Crippen LogP contribution in [0.5, 0.6) is 0 Å². The van der Waals surface area contributed by atoms with E-state index in [0.29, 0.717) is 0 Å². The summed E-state index contributed by atoms with van der Waals surface area (Å²) in [7, 11) is 0. The van der Waals surface area contributed by atoms with E-state index in [1.54, 1.807) is 0 Å². The summed E-state index contributed by atoms with van der Waals surface area (Å²) in [4.78, 5) is 12.4. The second-order valence-corrected chi connectivity index (χ2v) is 6.79. The van der Waals surface area contributed by atoms with Gasteiger partial charge in [0, 0.05) is 10.2 Å². The molecule has 4 heteroatoms. The van der Waals surface area contributed by atoms with Crippen LogP contribution in [0.2, 0.25) is 0 Å². The van der Waals surface area contributed by atoms with E-state index in [0.717, 1.165) is 35.1 Å². The highest BCUT2D eigenvalue weighted by atomic mass is 79.9. The number of aryl methyl sites for hydroxylation is 1. The van der Waals surface area contributed by atoms with Gasteiger partial charge in [-0.3, -0.25) is 4.79 Å². The van der Waals surface area contributed by atoms with E-state index in [-0.39, 0.29) is 17.4 Å². The van der Waals surface area contributed by atoms with E-state index in [1.807, 2.05) is 25.1 Å². The minimum Gasteiger partial charge on any atom is -0.325 e. The number of hydrogen-bond acceptors (Lipinski definition) is 2. The third kappa shape index (κ3) is 3.37. The molecule has 1 saturated heterocycles. The summed E-state index contributed by atoms with van der Waals surface area (Å²) < 4.78 is 1.06. The van der Waals surface area contributed by atoms with Gasteiger partial charge in [-0.05, 0) is 55.5 Å². The molecule has 1 aliphatic heterocycles. The highest BCUT2D eigenvalue weighted by Gasteiger charge is 2.37. The van der Waals surface area contributed by atoms with Gasteiger partial charge in [0.25, 0.3) is 0 Å². The maximum Gasteiger partial charge on any atom is 0.242 e. The van der Waals surface area contributed by atoms with E-state index >= 15 is 0 Å². The van der Waals surface area contributed by atoms with Crippen LogP contribution in [0.4, 0.5) is 5.69 Å². The van der Waals surface area contributed by atoms with Crippen LogP contribution in [0, 0.1) is 12.3 Å². The first-order chi connectivity index (χ1) is 8.90. The van der Waals surface area contributed by atoms with Crippen molar-refractivity contribution in [3.8, 4) is 0 Å². The van der Waals surface area contributed by atoms with Crippen molar-refractivity contribution in [2.45, 2.75) is 39.7 Å². The number of halogens is 1. The molecule has 1 heterocycles. The van der Waals surface area contributed by atoms with Crippen molar-refractivity contribution < 1.29 is 4.79 Å². The lowest BCUT2D eigenvalue weighted by molar-refractivity contribution is -0.121. The Morgan fingerprint density at radius 2 is 2.21 bits per heavy atom. The maximum absolute atomic E-state index is 12.4. The van der Waals surface area contributed by atoms with Crippen molar-refractivity contribution in [2.75, 3.05) is 11.9 Å². The zero-order valence-electron chi connectivity index (χ0n) is 11.7. The van der Waals surface area contributed by atoms with Crippen LogP contribution in [0.1, 0.15) is 32.3 Å². The van der Waals surface area contributed by atoms with E-state index in [2.05, 4.69) is 40.4 Å². The lowest BCUT2D eigenvalue weighted by atomic mass is 9.77. The van der Waals surface area contributed by atoms with Gasteiger partial charge in [-0.1, -0.05) is 29.8 Å². The predicted octanol–water partition coefficient (Wildman–Crippen LogP) is 3.47. The van der Waals surface area contributed by atoms with Crippen LogP contribution < -0.4 is 10.6 Å². The summed E-state index contributed by atoms with van der Waals surface area (Å²) in [6, 6.07) is 5.75. The first-order valence-electron chi connectivity index (χ1n) is 6.70. The summed E-state index contributed by atoms with van der Waals surface area (Å²) in [5.41, 5.74) is 1.98. The Hall–Kier alpha value is -0.870. The quantitative estimate of drug-likeness (QED) is 0.874. The third-order valence-electron chi connectivity index (χ3n) is 3.82. The van der Waals surface area contributed by atoms with Gasteiger partial charge in [-0.15, -0.1) is 0 Å². The fourth-order valence-electron chi connectivity index (χ4n) is 2.60. The number of hydrogen-bond donors (Lipinski definition) is 2. The van der Waals surface area contributed by atoms with Crippen LogP contribution in [0.25, 0.3) is 0 Å². The molecule has 0 aromatic heterocycles. The fraction of sp³-hybridized carbons (Fsp3) is 0.533. The summed E-state index contributed by atoms with van der Waals surface area (Å²) in [6.07, 6.45) is 2.21. The number of rotatable bonds is 2. The molecule has 1 amide bonds. The number of benzene rings is 1. The van der Waals surface area contributed by atoms with Crippen molar-refractivity contribution >= 4 is 27.5 Å². The fourth-order valence-corrected chi connectivity index (χ4v) is 2.84. The zero-order valence-corrected chi connectivity index (χ0v) is 13.3. The van der Waals surface area contributed by atoms with Gasteiger partial charge in [0.2, 0.25) is 5.91 Å². The summed E-state index contributed by atoms with van der Waals surface area (Å²) in [5, 5.41) is 6.35. The number of piperidine rings is 1. The molecule has 1 aromatic rings. The normalized spacial score (nSPS) is 22.0. The van der Waals surface area contributed by atoms with Crippen LogP contribution in [0.3, 0.4) is 0 Å². The molecule has 1 atom stereocenters. The highest BCUT2D eigenvalue weighted by molar-refractivity contribution is 9.10. The Bertz CT molecular complexity index is 485. The lowest BCUT2D eigenvalue weighted by Crippen LogP contribution is -2.53. The number of anilines is 1. The Morgan fingerprint density at radius 1 is 1.47 bits per heavy atom. The van der Waals surface area contributed by atoms with Crippen LogP contribution >= 0.6 is 15.9 Å². The lowest BCUT2D eigenvalue weighted by Gasteiger charge is -2.38. The van der Waals surface area contributed by atoms with E-state index in [9.17, 15) is 4.79 Å². The van der Waals surface area contributed by atoms with Crippen LogP contribution in [0.15, 0.2) is 22.7 Å². The second-order valence-electron chi connectivity index (χ2n) is 5.93. The molecular formula is C15H21BrN2O. The number of carbonyl (C=O) groups is 1. The number of nitrogens with one attached hydrogen (secondary N) is 2. The minimum absolute atomic E-state index is 0.00669. The van der Waals surface area contributed by atoms with E-state index in [4.69, 9.17) is 0 Å². The molecule has 0 saturated carbocycles. The van der Waals surface area contributed by atoms with Crippen molar-refractivity contribution in [2.24, 2.45) is 5.41 Å². The topological polar surface area (TPSA) is 41.1 Å². The first kappa shape index (κ1) is 14.5. The Morgan fingerprint density at radius 3 is 2.84 bits per heavy atom.